The van der Waals surface area contributed by atoms with E-state index < -0.39 is 5.82 Å². The van der Waals surface area contributed by atoms with Crippen LogP contribution in [0.15, 0.2) is 24.3 Å². The molecule has 160 valence electrons. The molecule has 30 heavy (non-hydrogen) atoms. The van der Waals surface area contributed by atoms with Crippen molar-refractivity contribution in [2.24, 2.45) is 0 Å². The van der Waals surface area contributed by atoms with Gasteiger partial charge in [-0.2, -0.15) is 4.98 Å². The Bertz CT molecular complexity index is 894. The van der Waals surface area contributed by atoms with E-state index in [0.717, 1.165) is 30.5 Å². The molecular weight excluding hydrogens is 409 g/mol. The predicted molar refractivity (Wildman–Crippen MR) is 114 cm³/mol. The smallest absolute Gasteiger partial charge is 0.227 e. The summed E-state index contributed by atoms with van der Waals surface area (Å²) in [5.74, 6) is 1.03. The van der Waals surface area contributed by atoms with Crippen LogP contribution >= 0.6 is 11.6 Å². The zero-order valence-electron chi connectivity index (χ0n) is 17.0. The van der Waals surface area contributed by atoms with Crippen LogP contribution in [-0.4, -0.2) is 73.3 Å². The van der Waals surface area contributed by atoms with Gasteiger partial charge in [0.05, 0.1) is 19.6 Å². The summed E-state index contributed by atoms with van der Waals surface area (Å²) in [5.41, 5.74) is 1.17. The van der Waals surface area contributed by atoms with Gasteiger partial charge in [-0.05, 0) is 19.1 Å². The Morgan fingerprint density at radius 3 is 2.53 bits per heavy atom. The molecule has 0 N–H and O–H groups in total. The largest absolute Gasteiger partial charge is 0.378 e. The Balaban J connectivity index is 1.39. The zero-order valence-corrected chi connectivity index (χ0v) is 17.7. The standard InChI is InChI=1S/C21H25ClFN5O2/c1-15-13-19(25-21(24-15)28-9-11-30-12-10-28)26-5-7-27(8-6-26)20(29)14-16-17(22)3-2-4-18(16)23/h2-4,13H,5-12,14H2,1H3. The van der Waals surface area contributed by atoms with Crippen molar-refractivity contribution in [3.63, 3.8) is 0 Å². The van der Waals surface area contributed by atoms with Crippen LogP contribution in [0.5, 0.6) is 0 Å². The molecule has 4 rings (SSSR count). The number of ether oxygens (including phenoxy) is 1. The predicted octanol–water partition coefficient (Wildman–Crippen LogP) is 2.31. The van der Waals surface area contributed by atoms with Crippen molar-refractivity contribution in [2.45, 2.75) is 13.3 Å². The van der Waals surface area contributed by atoms with E-state index in [9.17, 15) is 9.18 Å². The Labute approximate surface area is 180 Å². The van der Waals surface area contributed by atoms with E-state index in [1.165, 1.54) is 6.07 Å². The van der Waals surface area contributed by atoms with E-state index in [4.69, 9.17) is 21.3 Å². The third-order valence-electron chi connectivity index (χ3n) is 5.47. The molecule has 0 saturated carbocycles. The topological polar surface area (TPSA) is 61.8 Å². The normalized spacial score (nSPS) is 17.4. The number of piperazine rings is 1. The fourth-order valence-corrected chi connectivity index (χ4v) is 3.98. The number of halogens is 2. The van der Waals surface area contributed by atoms with Gasteiger partial charge in [-0.1, -0.05) is 17.7 Å². The zero-order chi connectivity index (χ0) is 21.1. The summed E-state index contributed by atoms with van der Waals surface area (Å²) in [5, 5.41) is 0.286. The lowest BCUT2D eigenvalue weighted by Gasteiger charge is -2.36. The quantitative estimate of drug-likeness (QED) is 0.737. The van der Waals surface area contributed by atoms with E-state index in [0.29, 0.717) is 39.4 Å². The molecule has 2 fully saturated rings. The average molecular weight is 434 g/mol. The highest BCUT2D eigenvalue weighted by molar-refractivity contribution is 6.31. The van der Waals surface area contributed by atoms with Gasteiger partial charge in [-0.3, -0.25) is 4.79 Å². The number of morpholine rings is 1. The maximum Gasteiger partial charge on any atom is 0.227 e. The van der Waals surface area contributed by atoms with Gasteiger partial charge >= 0.3 is 0 Å². The number of amides is 1. The summed E-state index contributed by atoms with van der Waals surface area (Å²) in [6.45, 7) is 7.33. The second-order valence-electron chi connectivity index (χ2n) is 7.51. The third-order valence-corrected chi connectivity index (χ3v) is 5.82. The van der Waals surface area contributed by atoms with E-state index in [1.54, 1.807) is 17.0 Å². The van der Waals surface area contributed by atoms with Gasteiger partial charge in [-0.15, -0.1) is 0 Å². The Hall–Kier alpha value is -2.45. The van der Waals surface area contributed by atoms with Crippen LogP contribution in [0.1, 0.15) is 11.3 Å². The van der Waals surface area contributed by atoms with Crippen LogP contribution in [0, 0.1) is 12.7 Å². The number of carbonyl (C=O) groups excluding carboxylic acids is 1. The molecule has 0 atom stereocenters. The monoisotopic (exact) mass is 433 g/mol. The minimum absolute atomic E-state index is 0.0285. The summed E-state index contributed by atoms with van der Waals surface area (Å²) in [6, 6.07) is 6.45. The van der Waals surface area contributed by atoms with Crippen molar-refractivity contribution in [2.75, 3.05) is 62.3 Å². The van der Waals surface area contributed by atoms with Crippen LogP contribution in [0.3, 0.4) is 0 Å². The highest BCUT2D eigenvalue weighted by Crippen LogP contribution is 2.22. The summed E-state index contributed by atoms with van der Waals surface area (Å²) in [7, 11) is 0. The minimum Gasteiger partial charge on any atom is -0.378 e. The molecule has 1 aromatic carbocycles. The molecule has 2 aliphatic rings. The van der Waals surface area contributed by atoms with Gasteiger partial charge in [0.25, 0.3) is 0 Å². The maximum absolute atomic E-state index is 14.0. The minimum atomic E-state index is -0.443. The molecule has 3 heterocycles. The van der Waals surface area contributed by atoms with Gasteiger partial charge in [0, 0.05) is 61.6 Å². The lowest BCUT2D eigenvalue weighted by Crippen LogP contribution is -2.49. The number of aryl methyl sites for hydroxylation is 1. The number of hydrogen-bond donors (Lipinski definition) is 0. The Morgan fingerprint density at radius 1 is 1.10 bits per heavy atom. The summed E-state index contributed by atoms with van der Waals surface area (Å²) in [6.07, 6.45) is -0.0285. The molecule has 7 nitrogen and oxygen atoms in total. The van der Waals surface area contributed by atoms with Gasteiger partial charge in [-0.25, -0.2) is 9.37 Å². The lowest BCUT2D eigenvalue weighted by molar-refractivity contribution is -0.130. The molecule has 0 aliphatic carbocycles. The van der Waals surface area contributed by atoms with Crippen LogP contribution in [-0.2, 0) is 16.0 Å². The van der Waals surface area contributed by atoms with Gasteiger partial charge < -0.3 is 19.4 Å². The molecular formula is C21H25ClFN5O2. The summed E-state index contributed by atoms with van der Waals surface area (Å²) < 4.78 is 19.4. The second-order valence-corrected chi connectivity index (χ2v) is 7.92. The van der Waals surface area contributed by atoms with Crippen molar-refractivity contribution >= 4 is 29.3 Å². The fraction of sp³-hybridized carbons (Fsp3) is 0.476. The molecule has 2 aliphatic heterocycles. The van der Waals surface area contributed by atoms with Gasteiger partial charge in [0.1, 0.15) is 11.6 Å². The van der Waals surface area contributed by atoms with Crippen molar-refractivity contribution in [1.29, 1.82) is 0 Å². The Morgan fingerprint density at radius 2 is 1.83 bits per heavy atom. The van der Waals surface area contributed by atoms with Crippen LogP contribution < -0.4 is 9.80 Å². The summed E-state index contributed by atoms with van der Waals surface area (Å²) in [4.78, 5) is 28.1. The van der Waals surface area contributed by atoms with Gasteiger partial charge in [0.2, 0.25) is 11.9 Å². The van der Waals surface area contributed by atoms with Gasteiger partial charge in [0.15, 0.2) is 0 Å². The van der Waals surface area contributed by atoms with E-state index in [2.05, 4.69) is 14.8 Å². The van der Waals surface area contributed by atoms with Crippen LogP contribution in [0.25, 0.3) is 0 Å². The third kappa shape index (κ3) is 4.65. The molecule has 0 radical (unpaired) electrons. The van der Waals surface area contributed by atoms with Crippen LogP contribution in [0.4, 0.5) is 16.2 Å². The molecule has 9 heteroatoms. The average Bonchev–Trinajstić information content (AvgIpc) is 2.76. The number of carbonyl (C=O) groups is 1. The summed E-state index contributed by atoms with van der Waals surface area (Å²) >= 11 is 6.06. The first-order valence-corrected chi connectivity index (χ1v) is 10.5. The number of anilines is 2. The van der Waals surface area contributed by atoms with E-state index in [-0.39, 0.29) is 22.9 Å². The molecule has 2 saturated heterocycles. The van der Waals surface area contributed by atoms with Crippen molar-refractivity contribution in [1.82, 2.24) is 14.9 Å². The molecule has 0 bridgehead atoms. The fourth-order valence-electron chi connectivity index (χ4n) is 3.75. The molecule has 0 unspecified atom stereocenters. The van der Waals surface area contributed by atoms with Crippen molar-refractivity contribution in [3.8, 4) is 0 Å². The first-order chi connectivity index (χ1) is 14.5. The van der Waals surface area contributed by atoms with Crippen molar-refractivity contribution < 1.29 is 13.9 Å². The number of hydrogen-bond acceptors (Lipinski definition) is 6. The van der Waals surface area contributed by atoms with Crippen LogP contribution in [0.2, 0.25) is 5.02 Å². The molecule has 0 spiro atoms. The highest BCUT2D eigenvalue weighted by Gasteiger charge is 2.24. The first kappa shape index (κ1) is 20.8. The number of aromatic nitrogens is 2. The second kappa shape index (κ2) is 9.14. The lowest BCUT2D eigenvalue weighted by atomic mass is 10.1. The van der Waals surface area contributed by atoms with E-state index >= 15 is 0 Å². The van der Waals surface area contributed by atoms with E-state index in [1.807, 2.05) is 13.0 Å². The molecule has 1 aromatic heterocycles. The maximum atomic E-state index is 14.0. The first-order valence-electron chi connectivity index (χ1n) is 10.2. The molecule has 2 aromatic rings. The number of benzene rings is 1. The number of rotatable bonds is 4. The highest BCUT2D eigenvalue weighted by atomic mass is 35.5. The van der Waals surface area contributed by atoms with Crippen molar-refractivity contribution in [3.05, 3.63) is 46.4 Å². The number of nitrogens with zero attached hydrogens (tertiary/aromatic N) is 5. The molecule has 1 amide bonds. The SMILES string of the molecule is Cc1cc(N2CCN(C(=O)Cc3c(F)cccc3Cl)CC2)nc(N2CCOCC2)n1. The Kier molecular flexibility index (Phi) is 6.34.